The molecule has 0 saturated carbocycles. The van der Waals surface area contributed by atoms with Gasteiger partial charge < -0.3 is 0 Å². The van der Waals surface area contributed by atoms with Gasteiger partial charge in [-0.1, -0.05) is 0 Å². The molecule has 29 heavy (non-hydrogen) atoms. The predicted molar refractivity (Wildman–Crippen MR) is 100 cm³/mol. The number of aromatic nitrogens is 3. The topological polar surface area (TPSA) is 104 Å². The van der Waals surface area contributed by atoms with Crippen LogP contribution in [0.15, 0.2) is 35.6 Å². The van der Waals surface area contributed by atoms with E-state index >= 15 is 0 Å². The van der Waals surface area contributed by atoms with Crippen molar-refractivity contribution >= 4 is 23.2 Å². The van der Waals surface area contributed by atoms with E-state index in [0.29, 0.717) is 17.5 Å². The van der Waals surface area contributed by atoms with E-state index in [1.807, 2.05) is 0 Å². The molecule has 1 unspecified atom stereocenters. The Balaban J connectivity index is 2.07. The molecule has 0 radical (unpaired) electrons. The second-order valence-electron chi connectivity index (χ2n) is 6.36. The van der Waals surface area contributed by atoms with Crippen molar-refractivity contribution in [3.8, 4) is 11.5 Å². The molecule has 0 aliphatic carbocycles. The van der Waals surface area contributed by atoms with Gasteiger partial charge in [0, 0.05) is 0 Å². The Morgan fingerprint density at radius 3 is 2.72 bits per heavy atom. The summed E-state index contributed by atoms with van der Waals surface area (Å²) < 4.78 is 45.0. The molecule has 0 aliphatic rings. The summed E-state index contributed by atoms with van der Waals surface area (Å²) in [6, 6.07) is 3.98. The number of ether oxygens (including phenoxy) is 1. The van der Waals surface area contributed by atoms with Gasteiger partial charge in [-0.15, -0.1) is 0 Å². The third-order valence-corrected chi connectivity index (χ3v) is 4.73. The van der Waals surface area contributed by atoms with Crippen LogP contribution in [-0.2, 0) is 11.8 Å². The number of pyridine rings is 2. The normalized spacial score (nSPS) is 14.5. The van der Waals surface area contributed by atoms with Crippen molar-refractivity contribution in [2.45, 2.75) is 25.6 Å². The third-order valence-electron chi connectivity index (χ3n) is 3.96. The molecule has 0 fully saturated rings. The molecule has 0 aromatic carbocycles. The number of alkyl halides is 3. The average molecular weight is 424 g/mol. The summed E-state index contributed by atoms with van der Waals surface area (Å²) in [5.74, 6) is -0.0214. The van der Waals surface area contributed by atoms with Crippen molar-refractivity contribution in [2.24, 2.45) is 4.99 Å². The Bertz CT molecular complexity index is 1080. The number of aryl methyl sites for hydroxylation is 1. The van der Waals surface area contributed by atoms with Crippen molar-refractivity contribution in [2.75, 3.05) is 6.61 Å². The van der Waals surface area contributed by atoms with Crippen LogP contribution in [0.2, 0.25) is 0 Å². The second-order valence-corrected chi connectivity index (χ2v) is 7.21. The molecule has 152 valence electrons. The summed E-state index contributed by atoms with van der Waals surface area (Å²) in [5.41, 5.74) is -1.70. The molecule has 12 heteroatoms. The number of nitrogens with one attached hydrogen (secondary N) is 1. The SMILES string of the molecule is Cc1ncccc1Oc1cc(C(F)(F)F)cnc1/N=c1/[nH]c(C(C)(O)CO)bs1. The fourth-order valence-electron chi connectivity index (χ4n) is 2.23. The first kappa shape index (κ1) is 21.2. The zero-order valence-electron chi connectivity index (χ0n) is 15.4. The molecule has 0 amide bonds. The summed E-state index contributed by atoms with van der Waals surface area (Å²) in [6.45, 7) is 2.54. The van der Waals surface area contributed by atoms with Crippen molar-refractivity contribution < 1.29 is 28.1 Å². The molecule has 3 rings (SSSR count). The first-order valence-electron chi connectivity index (χ1n) is 8.33. The number of nitrogens with zero attached hydrogens (tertiary/aromatic N) is 3. The van der Waals surface area contributed by atoms with Gasteiger partial charge in [-0.2, -0.15) is 0 Å². The zero-order valence-corrected chi connectivity index (χ0v) is 16.2. The molecule has 0 aliphatic heterocycles. The van der Waals surface area contributed by atoms with Crippen LogP contribution >= 0.6 is 11.2 Å². The Morgan fingerprint density at radius 1 is 1.31 bits per heavy atom. The number of aliphatic hydroxyl groups excluding tert-OH is 1. The van der Waals surface area contributed by atoms with Crippen LogP contribution in [0.1, 0.15) is 23.8 Å². The molecule has 3 aromatic heterocycles. The van der Waals surface area contributed by atoms with Crippen LogP contribution in [0.5, 0.6) is 11.5 Å². The van der Waals surface area contributed by atoms with E-state index in [2.05, 4.69) is 19.9 Å². The third kappa shape index (κ3) is 4.89. The van der Waals surface area contributed by atoms with Crippen LogP contribution in [0.25, 0.3) is 0 Å². The van der Waals surface area contributed by atoms with E-state index in [9.17, 15) is 23.4 Å². The second kappa shape index (κ2) is 8.05. The number of rotatable bonds is 5. The zero-order chi connectivity index (χ0) is 21.2. The van der Waals surface area contributed by atoms with E-state index in [1.165, 1.54) is 13.1 Å². The first-order valence-corrected chi connectivity index (χ1v) is 9.21. The maximum absolute atomic E-state index is 13.1. The van der Waals surface area contributed by atoms with Gasteiger partial charge in [0.1, 0.15) is 0 Å². The number of aliphatic hydroxyl groups is 2. The minimum atomic E-state index is -4.60. The van der Waals surface area contributed by atoms with Gasteiger partial charge in [-0.05, 0) is 0 Å². The standard InChI is InChI=1S/C17H16BF3N4O3S/c1-9-11(4-3-5-22-9)28-12-6-10(17(19,20)21)7-23-13(12)24-15-25-14(18-29-15)16(2,27)8-26/h3-7,26-27H,8H2,1-2H3,(H,23,24,25). The molecule has 0 saturated heterocycles. The number of hydrogen-bond donors (Lipinski definition) is 3. The van der Waals surface area contributed by atoms with Crippen molar-refractivity contribution in [1.82, 2.24) is 15.0 Å². The Morgan fingerprint density at radius 2 is 2.07 bits per heavy atom. The predicted octanol–water partition coefficient (Wildman–Crippen LogP) is 2.76. The molecule has 0 spiro atoms. The Kier molecular flexibility index (Phi) is 5.87. The van der Waals surface area contributed by atoms with E-state index in [1.54, 1.807) is 25.2 Å². The van der Waals surface area contributed by atoms with E-state index in [4.69, 9.17) is 4.74 Å². The fraction of sp³-hybridized carbons (Fsp3) is 0.294. The summed E-state index contributed by atoms with van der Waals surface area (Å²) in [4.78, 5) is 15.1. The van der Waals surface area contributed by atoms with Gasteiger partial charge >= 0.3 is 167 Å². The molecule has 3 heterocycles. The van der Waals surface area contributed by atoms with E-state index in [0.717, 1.165) is 17.2 Å². The van der Waals surface area contributed by atoms with Crippen LogP contribution in [-0.4, -0.2) is 37.9 Å². The van der Waals surface area contributed by atoms with Gasteiger partial charge in [0.15, 0.2) is 0 Å². The number of H-pyrrole nitrogens is 1. The van der Waals surface area contributed by atoms with Crippen molar-refractivity contribution in [1.29, 1.82) is 0 Å². The summed E-state index contributed by atoms with van der Waals surface area (Å²) in [6.07, 6.45) is -0.853. The van der Waals surface area contributed by atoms with Gasteiger partial charge in [-0.3, -0.25) is 0 Å². The summed E-state index contributed by atoms with van der Waals surface area (Å²) in [7, 11) is 0. The molecular weight excluding hydrogens is 408 g/mol. The number of aromatic amines is 1. The molecule has 1 atom stereocenters. The van der Waals surface area contributed by atoms with Crippen molar-refractivity contribution in [3.63, 3.8) is 0 Å². The molecule has 3 N–H and O–H groups in total. The monoisotopic (exact) mass is 424 g/mol. The summed E-state index contributed by atoms with van der Waals surface area (Å²) in [5, 5.41) is 19.3. The maximum atomic E-state index is 13.1. The van der Waals surface area contributed by atoms with Crippen LogP contribution in [0.4, 0.5) is 19.0 Å². The van der Waals surface area contributed by atoms with E-state index in [-0.39, 0.29) is 22.1 Å². The van der Waals surface area contributed by atoms with Gasteiger partial charge in [-0.25, -0.2) is 0 Å². The quantitative estimate of drug-likeness (QED) is 0.585. The van der Waals surface area contributed by atoms with Crippen LogP contribution < -0.4 is 9.54 Å². The number of hydrogen-bond acceptors (Lipinski definition) is 7. The van der Waals surface area contributed by atoms with Gasteiger partial charge in [0.2, 0.25) is 0 Å². The first-order chi connectivity index (χ1) is 13.6. The molecule has 0 bridgehead atoms. The Labute approximate surface area is 167 Å². The average Bonchev–Trinajstić information content (AvgIpc) is 3.13. The fourth-order valence-corrected chi connectivity index (χ4v) is 3.08. The summed E-state index contributed by atoms with van der Waals surface area (Å²) >= 11 is 1.09. The van der Waals surface area contributed by atoms with Crippen LogP contribution in [0, 0.1) is 6.92 Å². The Hall–Kier alpha value is -2.57. The molecule has 7 nitrogen and oxygen atoms in total. The minimum absolute atomic E-state index is 0.0884. The molecular formula is C17H16BF3N4O3S. The van der Waals surface area contributed by atoms with Crippen molar-refractivity contribution in [3.05, 3.63) is 52.2 Å². The molecule has 3 aromatic rings. The van der Waals surface area contributed by atoms with E-state index < -0.39 is 23.9 Å². The van der Waals surface area contributed by atoms with Gasteiger partial charge in [0.05, 0.1) is 0 Å². The van der Waals surface area contributed by atoms with Gasteiger partial charge in [0.25, 0.3) is 0 Å². The van der Waals surface area contributed by atoms with Crippen LogP contribution in [0.3, 0.4) is 0 Å². The number of halogens is 3.